The van der Waals surface area contributed by atoms with E-state index >= 15 is 0 Å². The van der Waals surface area contributed by atoms with Crippen molar-refractivity contribution in [3.05, 3.63) is 29.7 Å². The first-order valence-electron chi connectivity index (χ1n) is 4.60. The first-order valence-corrected chi connectivity index (χ1v) is 5.51. The van der Waals surface area contributed by atoms with E-state index in [2.05, 4.69) is 31.2 Å². The van der Waals surface area contributed by atoms with E-state index in [1.54, 1.807) is 4.68 Å². The lowest BCUT2D eigenvalue weighted by Crippen LogP contribution is -2.01. The minimum Gasteiger partial charge on any atom is -0.448 e. The quantitative estimate of drug-likeness (QED) is 0.802. The number of alkyl halides is 1. The summed E-state index contributed by atoms with van der Waals surface area (Å²) < 4.78 is 6.86. The number of hydrogen-bond donors (Lipinski definition) is 0. The molecule has 5 nitrogen and oxygen atoms in total. The lowest BCUT2D eigenvalue weighted by molar-refractivity contribution is 0.521. The predicted molar refractivity (Wildman–Crippen MR) is 57.7 cm³/mol. The van der Waals surface area contributed by atoms with Crippen molar-refractivity contribution in [3.8, 4) is 0 Å². The van der Waals surface area contributed by atoms with Gasteiger partial charge in [0.1, 0.15) is 11.5 Å². The molecule has 0 bridgehead atoms. The van der Waals surface area contributed by atoms with Crippen molar-refractivity contribution < 1.29 is 4.42 Å². The molecule has 0 fully saturated rings. The van der Waals surface area contributed by atoms with Crippen LogP contribution < -0.4 is 0 Å². The average Bonchev–Trinajstić information content (AvgIpc) is 2.77. The summed E-state index contributed by atoms with van der Waals surface area (Å²) >= 11 is 3.44. The number of oxazole rings is 1. The van der Waals surface area contributed by atoms with E-state index in [1.807, 2.05) is 20.0 Å². The summed E-state index contributed by atoms with van der Waals surface area (Å²) in [6.45, 7) is 4.48. The van der Waals surface area contributed by atoms with Gasteiger partial charge in [0.2, 0.25) is 0 Å². The van der Waals surface area contributed by atoms with Crippen molar-refractivity contribution in [1.82, 2.24) is 20.0 Å². The number of aryl methyl sites for hydroxylation is 1. The van der Waals surface area contributed by atoms with Gasteiger partial charge in [0.25, 0.3) is 0 Å². The summed E-state index contributed by atoms with van der Waals surface area (Å²) in [5, 5.41) is 8.04. The van der Waals surface area contributed by atoms with Crippen LogP contribution in [0.5, 0.6) is 0 Å². The first-order chi connectivity index (χ1) is 7.16. The maximum atomic E-state index is 5.11. The molecule has 2 aromatic heterocycles. The van der Waals surface area contributed by atoms with Crippen molar-refractivity contribution >= 4 is 15.9 Å². The van der Waals surface area contributed by atoms with Crippen LogP contribution in [0, 0.1) is 6.92 Å². The molecule has 0 aromatic carbocycles. The van der Waals surface area contributed by atoms with Crippen LogP contribution >= 0.6 is 15.9 Å². The smallest absolute Gasteiger partial charge is 0.181 e. The second kappa shape index (κ2) is 4.14. The van der Waals surface area contributed by atoms with Crippen molar-refractivity contribution in [2.45, 2.75) is 25.2 Å². The zero-order chi connectivity index (χ0) is 10.8. The standard InChI is InChI=1S/C9H11BrN4O/c1-6(10)8-3-14(13-12-8)4-9-7(2)15-5-11-9/h3,5-6H,4H2,1-2H3. The van der Waals surface area contributed by atoms with Crippen LogP contribution in [-0.4, -0.2) is 20.0 Å². The molecule has 0 N–H and O–H groups in total. The fourth-order valence-corrected chi connectivity index (χ4v) is 1.42. The van der Waals surface area contributed by atoms with Crippen molar-refractivity contribution in [1.29, 1.82) is 0 Å². The molecule has 0 aliphatic carbocycles. The van der Waals surface area contributed by atoms with Crippen molar-refractivity contribution in [3.63, 3.8) is 0 Å². The number of hydrogen-bond acceptors (Lipinski definition) is 4. The number of aromatic nitrogens is 4. The Balaban J connectivity index is 2.15. The monoisotopic (exact) mass is 270 g/mol. The molecule has 80 valence electrons. The Kier molecular flexibility index (Phi) is 2.86. The molecule has 15 heavy (non-hydrogen) atoms. The van der Waals surface area contributed by atoms with Crippen LogP contribution in [-0.2, 0) is 6.54 Å². The van der Waals surface area contributed by atoms with Crippen LogP contribution in [0.15, 0.2) is 17.0 Å². The van der Waals surface area contributed by atoms with Gasteiger partial charge in [0, 0.05) is 0 Å². The molecule has 0 saturated carbocycles. The highest BCUT2D eigenvalue weighted by Crippen LogP contribution is 2.18. The van der Waals surface area contributed by atoms with Gasteiger partial charge in [-0.2, -0.15) is 0 Å². The van der Waals surface area contributed by atoms with E-state index in [0.717, 1.165) is 17.1 Å². The van der Waals surface area contributed by atoms with E-state index in [4.69, 9.17) is 4.42 Å². The van der Waals surface area contributed by atoms with Crippen LogP contribution in [0.4, 0.5) is 0 Å². The van der Waals surface area contributed by atoms with Crippen LogP contribution in [0.25, 0.3) is 0 Å². The average molecular weight is 271 g/mol. The van der Waals surface area contributed by atoms with Gasteiger partial charge in [-0.1, -0.05) is 21.1 Å². The van der Waals surface area contributed by atoms with Crippen LogP contribution in [0.1, 0.15) is 28.9 Å². The summed E-state index contributed by atoms with van der Waals surface area (Å²) in [5.41, 5.74) is 1.80. The van der Waals surface area contributed by atoms with Gasteiger partial charge in [-0.15, -0.1) is 5.10 Å². The number of rotatable bonds is 3. The topological polar surface area (TPSA) is 56.7 Å². The number of halogens is 1. The van der Waals surface area contributed by atoms with E-state index < -0.39 is 0 Å². The zero-order valence-electron chi connectivity index (χ0n) is 8.51. The molecule has 0 spiro atoms. The Morgan fingerprint density at radius 2 is 2.40 bits per heavy atom. The molecular formula is C9H11BrN4O. The van der Waals surface area contributed by atoms with Crippen molar-refractivity contribution in [2.24, 2.45) is 0 Å². The first kappa shape index (κ1) is 10.4. The Morgan fingerprint density at radius 1 is 1.60 bits per heavy atom. The van der Waals surface area contributed by atoms with Gasteiger partial charge in [-0.05, 0) is 13.8 Å². The molecule has 0 amide bonds. The van der Waals surface area contributed by atoms with Gasteiger partial charge in [0.05, 0.1) is 23.3 Å². The Labute approximate surface area is 95.6 Å². The van der Waals surface area contributed by atoms with Crippen LogP contribution in [0.3, 0.4) is 0 Å². The van der Waals surface area contributed by atoms with Gasteiger partial charge in [0.15, 0.2) is 6.39 Å². The maximum Gasteiger partial charge on any atom is 0.181 e. The molecule has 1 unspecified atom stereocenters. The Bertz CT molecular complexity index is 448. The largest absolute Gasteiger partial charge is 0.448 e. The third-order valence-electron chi connectivity index (χ3n) is 2.12. The summed E-state index contributed by atoms with van der Waals surface area (Å²) in [7, 11) is 0. The van der Waals surface area contributed by atoms with E-state index in [9.17, 15) is 0 Å². The summed E-state index contributed by atoms with van der Waals surface area (Å²) in [6, 6.07) is 0. The molecule has 2 heterocycles. The van der Waals surface area contributed by atoms with Crippen LogP contribution in [0.2, 0.25) is 0 Å². The van der Waals surface area contributed by atoms with E-state index in [0.29, 0.717) is 6.54 Å². The predicted octanol–water partition coefficient (Wildman–Crippen LogP) is 2.08. The highest BCUT2D eigenvalue weighted by molar-refractivity contribution is 9.09. The van der Waals surface area contributed by atoms with Crippen molar-refractivity contribution in [2.75, 3.05) is 0 Å². The van der Waals surface area contributed by atoms with E-state index in [1.165, 1.54) is 6.39 Å². The molecular weight excluding hydrogens is 260 g/mol. The summed E-state index contributed by atoms with van der Waals surface area (Å²) in [5.74, 6) is 0.818. The molecule has 2 rings (SSSR count). The highest BCUT2D eigenvalue weighted by Gasteiger charge is 2.09. The minimum absolute atomic E-state index is 0.213. The van der Waals surface area contributed by atoms with Gasteiger partial charge >= 0.3 is 0 Å². The lowest BCUT2D eigenvalue weighted by atomic mass is 10.3. The second-order valence-electron chi connectivity index (χ2n) is 3.31. The minimum atomic E-state index is 0.213. The third kappa shape index (κ3) is 2.26. The molecule has 0 aliphatic heterocycles. The highest BCUT2D eigenvalue weighted by atomic mass is 79.9. The summed E-state index contributed by atoms with van der Waals surface area (Å²) in [6.07, 6.45) is 3.34. The molecule has 0 aliphatic rings. The maximum absolute atomic E-state index is 5.11. The number of nitrogens with zero attached hydrogens (tertiary/aromatic N) is 4. The molecule has 0 saturated heterocycles. The Morgan fingerprint density at radius 3 is 2.93 bits per heavy atom. The third-order valence-corrected chi connectivity index (χ3v) is 2.59. The van der Waals surface area contributed by atoms with Gasteiger partial charge < -0.3 is 4.42 Å². The van der Waals surface area contributed by atoms with Gasteiger partial charge in [-0.25, -0.2) is 9.67 Å². The molecule has 0 radical (unpaired) electrons. The van der Waals surface area contributed by atoms with E-state index in [-0.39, 0.29) is 4.83 Å². The Hall–Kier alpha value is -1.17. The fourth-order valence-electron chi connectivity index (χ4n) is 1.21. The van der Waals surface area contributed by atoms with Gasteiger partial charge in [-0.3, -0.25) is 0 Å². The normalized spacial score (nSPS) is 13.0. The molecule has 6 heteroatoms. The zero-order valence-corrected chi connectivity index (χ0v) is 10.1. The summed E-state index contributed by atoms with van der Waals surface area (Å²) in [4.78, 5) is 4.31. The molecule has 1 atom stereocenters. The molecule has 2 aromatic rings. The second-order valence-corrected chi connectivity index (χ2v) is 4.69. The fraction of sp³-hybridized carbons (Fsp3) is 0.444. The lowest BCUT2D eigenvalue weighted by Gasteiger charge is -1.96. The SMILES string of the molecule is Cc1ocnc1Cn1cc(C(C)Br)nn1.